The highest BCUT2D eigenvalue weighted by atomic mass is 16.5. The second-order valence-corrected chi connectivity index (χ2v) is 5.87. The second-order valence-electron chi connectivity index (χ2n) is 5.87. The van der Waals surface area contributed by atoms with Gasteiger partial charge in [-0.25, -0.2) is 4.98 Å². The number of phenols is 1. The van der Waals surface area contributed by atoms with Gasteiger partial charge in [-0.1, -0.05) is 18.7 Å². The Morgan fingerprint density at radius 2 is 1.85 bits per heavy atom. The average Bonchev–Trinajstić information content (AvgIpc) is 3.09. The van der Waals surface area contributed by atoms with Gasteiger partial charge in [-0.3, -0.25) is 9.59 Å². The summed E-state index contributed by atoms with van der Waals surface area (Å²) in [5, 5.41) is 10.2. The molecule has 0 aliphatic carbocycles. The van der Waals surface area contributed by atoms with E-state index in [2.05, 4.69) is 26.5 Å². The number of phenolic OH excluding ortho intramolecular Hbond substituents is 1. The van der Waals surface area contributed by atoms with Crippen molar-refractivity contribution < 1.29 is 9.84 Å². The summed E-state index contributed by atoms with van der Waals surface area (Å²) in [5.74, 6) is 0.137. The Morgan fingerprint density at radius 1 is 1.19 bits per heavy atom. The molecule has 2 heterocycles. The highest BCUT2D eigenvalue weighted by molar-refractivity contribution is 5.66. The van der Waals surface area contributed by atoms with Gasteiger partial charge in [-0.15, -0.1) is 0 Å². The number of nitrogens with zero attached hydrogens (tertiary/aromatic N) is 1. The van der Waals surface area contributed by atoms with Crippen molar-refractivity contribution in [3.8, 4) is 11.5 Å². The minimum Gasteiger partial charge on any atom is -0.504 e. The van der Waals surface area contributed by atoms with Gasteiger partial charge in [0.1, 0.15) is 10.7 Å². The van der Waals surface area contributed by atoms with Crippen LogP contribution in [0.15, 0.2) is 40.7 Å². The number of allylic oxidation sites excluding steroid dienone is 1. The first kappa shape index (κ1) is 18.0. The van der Waals surface area contributed by atoms with Crippen LogP contribution in [0.5, 0.6) is 11.5 Å². The zero-order valence-corrected chi connectivity index (χ0v) is 14.8. The lowest BCUT2D eigenvalue weighted by atomic mass is 10.1. The van der Waals surface area contributed by atoms with Gasteiger partial charge in [0.05, 0.1) is 24.8 Å². The third-order valence-electron chi connectivity index (χ3n) is 3.90. The monoisotopic (exact) mass is 366 g/mol. The van der Waals surface area contributed by atoms with E-state index < -0.39 is 11.1 Å². The quantitative estimate of drug-likeness (QED) is 0.525. The molecule has 0 spiro atoms. The lowest BCUT2D eigenvalue weighted by molar-refractivity contribution is 0.373. The van der Waals surface area contributed by atoms with Gasteiger partial charge >= 0.3 is 0 Å². The van der Waals surface area contributed by atoms with E-state index in [1.807, 2.05) is 0 Å². The largest absolute Gasteiger partial charge is 0.504 e. The van der Waals surface area contributed by atoms with E-state index >= 15 is 0 Å². The van der Waals surface area contributed by atoms with Gasteiger partial charge in [-0.2, -0.15) is 0 Å². The number of aromatic nitrogens is 4. The fourth-order valence-corrected chi connectivity index (χ4v) is 2.57. The minimum atomic E-state index is -0.514. The highest BCUT2D eigenvalue weighted by Crippen LogP contribution is 2.29. The summed E-state index contributed by atoms with van der Waals surface area (Å²) in [6.07, 6.45) is 4.34. The van der Waals surface area contributed by atoms with Crippen LogP contribution in [0.4, 0.5) is 0 Å². The van der Waals surface area contributed by atoms with Gasteiger partial charge in [0.2, 0.25) is 0 Å². The average molecular weight is 366 g/mol. The molecule has 0 aliphatic heterocycles. The van der Waals surface area contributed by atoms with Gasteiger partial charge in [0, 0.05) is 5.56 Å². The topological polar surface area (TPSA) is 124 Å². The molecule has 8 nitrogen and oxygen atoms in total. The molecule has 3 aromatic rings. The zero-order chi connectivity index (χ0) is 19.6. The predicted octanol–water partition coefficient (Wildman–Crippen LogP) is 0.191. The van der Waals surface area contributed by atoms with E-state index in [1.165, 1.54) is 25.6 Å². The van der Waals surface area contributed by atoms with Crippen molar-refractivity contribution in [1.82, 2.24) is 19.9 Å². The lowest BCUT2D eigenvalue weighted by Gasteiger charge is -2.04. The Bertz CT molecular complexity index is 1250. The maximum atomic E-state index is 12.4. The summed E-state index contributed by atoms with van der Waals surface area (Å²) in [6, 6.07) is 4.84. The van der Waals surface area contributed by atoms with Gasteiger partial charge in [0.25, 0.3) is 11.1 Å². The number of nitrogens with one attached hydrogen (secondary N) is 3. The molecule has 0 radical (unpaired) electrons. The van der Waals surface area contributed by atoms with Crippen LogP contribution in [-0.2, 0) is 0 Å². The lowest BCUT2D eigenvalue weighted by Crippen LogP contribution is -2.46. The second kappa shape index (κ2) is 7.20. The fourth-order valence-electron chi connectivity index (χ4n) is 2.57. The van der Waals surface area contributed by atoms with Crippen LogP contribution in [0, 0.1) is 0 Å². The van der Waals surface area contributed by atoms with Crippen LogP contribution in [0.2, 0.25) is 0 Å². The molecule has 0 fully saturated rings. The number of aromatic hydroxyl groups is 1. The van der Waals surface area contributed by atoms with Crippen molar-refractivity contribution in [3.05, 3.63) is 79.5 Å². The number of hydrogen-bond donors (Lipinski definition) is 4. The summed E-state index contributed by atoms with van der Waals surface area (Å²) < 4.78 is 5.04. The normalized spacial score (nSPS) is 12.4. The number of rotatable bonds is 4. The Balaban J connectivity index is 2.16. The molecule has 0 saturated carbocycles. The first-order valence-corrected chi connectivity index (χ1v) is 8.02. The molecule has 2 aromatic heterocycles. The van der Waals surface area contributed by atoms with Crippen molar-refractivity contribution in [3.63, 3.8) is 0 Å². The van der Waals surface area contributed by atoms with Crippen molar-refractivity contribution >= 4 is 17.7 Å². The smallest absolute Gasteiger partial charge is 0.272 e. The molecule has 0 bridgehead atoms. The van der Waals surface area contributed by atoms with Crippen molar-refractivity contribution in [1.29, 1.82) is 0 Å². The molecule has 3 rings (SSSR count). The Labute approximate surface area is 153 Å². The number of para-hydroxylation sites is 1. The zero-order valence-electron chi connectivity index (χ0n) is 14.8. The molecule has 0 amide bonds. The Kier molecular flexibility index (Phi) is 4.80. The van der Waals surface area contributed by atoms with Gasteiger partial charge in [0.15, 0.2) is 11.5 Å². The maximum absolute atomic E-state index is 12.4. The van der Waals surface area contributed by atoms with E-state index in [0.29, 0.717) is 17.0 Å². The molecular formula is C19H18N4O4. The van der Waals surface area contributed by atoms with Crippen LogP contribution in [0.3, 0.4) is 0 Å². The van der Waals surface area contributed by atoms with Crippen LogP contribution < -0.4 is 26.6 Å². The molecule has 8 heteroatoms. The predicted molar refractivity (Wildman–Crippen MR) is 102 cm³/mol. The van der Waals surface area contributed by atoms with E-state index in [1.54, 1.807) is 25.1 Å². The molecule has 0 aliphatic rings. The molecule has 1 aromatic carbocycles. The Morgan fingerprint density at radius 3 is 2.48 bits per heavy atom. The van der Waals surface area contributed by atoms with E-state index in [0.717, 1.165) is 5.57 Å². The number of benzene rings is 1. The number of methoxy groups -OCH3 is 1. The summed E-state index contributed by atoms with van der Waals surface area (Å²) >= 11 is 0. The Hall–Kier alpha value is -3.81. The van der Waals surface area contributed by atoms with Crippen molar-refractivity contribution in [2.45, 2.75) is 6.92 Å². The molecule has 27 heavy (non-hydrogen) atoms. The van der Waals surface area contributed by atoms with Crippen LogP contribution in [0.1, 0.15) is 23.9 Å². The molecule has 0 saturated heterocycles. The van der Waals surface area contributed by atoms with Gasteiger partial charge < -0.3 is 24.8 Å². The third kappa shape index (κ3) is 3.59. The van der Waals surface area contributed by atoms with E-state index in [-0.39, 0.29) is 22.2 Å². The minimum absolute atomic E-state index is 0.00504. The molecule has 0 unspecified atom stereocenters. The maximum Gasteiger partial charge on any atom is 0.272 e. The van der Waals surface area contributed by atoms with Crippen LogP contribution >= 0.6 is 0 Å². The van der Waals surface area contributed by atoms with E-state index in [4.69, 9.17) is 4.74 Å². The standard InChI is InChI=1S/C19H18N4O4/c1-10(2)16-12(20-9-21-16)8-14-19(26)22-13(18(25)23-14)7-11-5-4-6-15(27-3)17(11)24/h4-9,24H,1H2,2-3H3,(H,20,21)(H,22,26)(H,23,25)/b13-7-,14-8-. The number of hydrogen-bond acceptors (Lipinski definition) is 5. The summed E-state index contributed by atoms with van der Waals surface area (Å²) in [6.45, 7) is 5.61. The van der Waals surface area contributed by atoms with Crippen LogP contribution in [-0.4, -0.2) is 32.2 Å². The molecule has 0 atom stereocenters. The van der Waals surface area contributed by atoms with Gasteiger partial charge in [-0.05, 0) is 30.7 Å². The van der Waals surface area contributed by atoms with E-state index in [9.17, 15) is 14.7 Å². The SMILES string of the molecule is C=C(C)c1nc[nH]c1/C=c1\[nH]c(=O)/c(=C/c2cccc(OC)c2O)[nH]c1=O. The number of ether oxygens (including phenoxy) is 1. The third-order valence-corrected chi connectivity index (χ3v) is 3.90. The molecule has 4 N–H and O–H groups in total. The number of aromatic amines is 3. The van der Waals surface area contributed by atoms with Crippen molar-refractivity contribution in [2.24, 2.45) is 0 Å². The fraction of sp³-hybridized carbons (Fsp3) is 0.105. The van der Waals surface area contributed by atoms with Crippen LogP contribution in [0.25, 0.3) is 17.7 Å². The summed E-state index contributed by atoms with van der Waals surface area (Å²) in [5.41, 5.74) is 1.22. The van der Waals surface area contributed by atoms with Crippen molar-refractivity contribution in [2.75, 3.05) is 7.11 Å². The summed E-state index contributed by atoms with van der Waals surface area (Å²) in [4.78, 5) is 36.8. The first-order chi connectivity index (χ1) is 12.9. The summed E-state index contributed by atoms with van der Waals surface area (Å²) in [7, 11) is 1.42. The molecule has 138 valence electrons. The highest BCUT2D eigenvalue weighted by Gasteiger charge is 2.07. The number of H-pyrrole nitrogens is 3. The molecular weight excluding hydrogens is 348 g/mol. The first-order valence-electron chi connectivity index (χ1n) is 8.02. The number of imidazole rings is 1.